The highest BCUT2D eigenvalue weighted by molar-refractivity contribution is 5.51. The average Bonchev–Trinajstić information content (AvgIpc) is 2.57. The first kappa shape index (κ1) is 12.2. The molecule has 3 N–H and O–H groups in total. The molecule has 2 rings (SSSR count). The van der Waals surface area contributed by atoms with E-state index in [-0.39, 0.29) is 12.6 Å². The second-order valence-corrected chi connectivity index (χ2v) is 4.72. The second-order valence-electron chi connectivity index (χ2n) is 4.72. The Hall–Kier alpha value is -1.29. The molecule has 1 atom stereocenters. The molecular weight excluding hydrogens is 214 g/mol. The van der Waals surface area contributed by atoms with E-state index in [9.17, 15) is 5.11 Å². The second kappa shape index (κ2) is 5.36. The van der Waals surface area contributed by atoms with Crippen molar-refractivity contribution in [2.45, 2.75) is 38.6 Å². The van der Waals surface area contributed by atoms with E-state index in [0.717, 1.165) is 30.2 Å². The summed E-state index contributed by atoms with van der Waals surface area (Å²) in [6.45, 7) is 3.09. The zero-order valence-corrected chi connectivity index (χ0v) is 10.4. The van der Waals surface area contributed by atoms with Gasteiger partial charge in [0.15, 0.2) is 0 Å². The number of nitrogens with zero attached hydrogens (tertiary/aromatic N) is 2. The summed E-state index contributed by atoms with van der Waals surface area (Å²) in [5.74, 6) is 0.942. The monoisotopic (exact) mass is 235 g/mol. The molecule has 0 radical (unpaired) electrons. The molecule has 0 saturated carbocycles. The smallest absolute Gasteiger partial charge is 0.129 e. The number of aliphatic hydroxyl groups is 1. The van der Waals surface area contributed by atoms with E-state index < -0.39 is 0 Å². The highest BCUT2D eigenvalue weighted by Gasteiger charge is 2.21. The fourth-order valence-electron chi connectivity index (χ4n) is 2.39. The summed E-state index contributed by atoms with van der Waals surface area (Å²) in [4.78, 5) is 6.75. The summed E-state index contributed by atoms with van der Waals surface area (Å²) in [5.41, 5.74) is 7.38. The summed E-state index contributed by atoms with van der Waals surface area (Å²) in [6, 6.07) is 4.06. The van der Waals surface area contributed by atoms with Crippen molar-refractivity contribution in [2.75, 3.05) is 23.8 Å². The van der Waals surface area contributed by atoms with E-state index in [1.807, 2.05) is 19.1 Å². The van der Waals surface area contributed by atoms with E-state index in [0.29, 0.717) is 0 Å². The molecule has 17 heavy (non-hydrogen) atoms. The van der Waals surface area contributed by atoms with Crippen molar-refractivity contribution in [3.63, 3.8) is 0 Å². The van der Waals surface area contributed by atoms with Gasteiger partial charge >= 0.3 is 0 Å². The lowest BCUT2D eigenvalue weighted by Crippen LogP contribution is -2.38. The quantitative estimate of drug-likeness (QED) is 0.819. The number of hydrogen-bond acceptors (Lipinski definition) is 4. The molecule has 1 aliphatic heterocycles. The third-order valence-corrected chi connectivity index (χ3v) is 3.49. The van der Waals surface area contributed by atoms with Gasteiger partial charge in [0.2, 0.25) is 0 Å². The van der Waals surface area contributed by atoms with Crippen LogP contribution in [0.15, 0.2) is 12.1 Å². The number of rotatable bonds is 2. The maximum Gasteiger partial charge on any atom is 0.129 e. The molecule has 94 valence electrons. The molecule has 1 aliphatic rings. The van der Waals surface area contributed by atoms with Crippen molar-refractivity contribution in [2.24, 2.45) is 0 Å². The van der Waals surface area contributed by atoms with E-state index in [1.54, 1.807) is 0 Å². The van der Waals surface area contributed by atoms with E-state index in [2.05, 4.69) is 9.88 Å². The minimum absolute atomic E-state index is 0.200. The molecule has 0 bridgehead atoms. The topological polar surface area (TPSA) is 62.4 Å². The number of aromatic nitrogens is 1. The minimum atomic E-state index is 0.200. The Balaban J connectivity index is 2.25. The third kappa shape index (κ3) is 2.69. The maximum atomic E-state index is 9.48. The molecule has 4 nitrogen and oxygen atoms in total. The first-order valence-corrected chi connectivity index (χ1v) is 6.33. The van der Waals surface area contributed by atoms with Crippen molar-refractivity contribution in [3.05, 3.63) is 17.8 Å². The van der Waals surface area contributed by atoms with Gasteiger partial charge in [-0.2, -0.15) is 0 Å². The largest absolute Gasteiger partial charge is 0.397 e. The number of anilines is 2. The van der Waals surface area contributed by atoms with Crippen LogP contribution in [0.3, 0.4) is 0 Å². The zero-order valence-electron chi connectivity index (χ0n) is 10.4. The minimum Gasteiger partial charge on any atom is -0.397 e. The summed E-state index contributed by atoms with van der Waals surface area (Å²) in [7, 11) is 0. The fraction of sp³-hybridized carbons (Fsp3) is 0.615. The van der Waals surface area contributed by atoms with Gasteiger partial charge in [-0.3, -0.25) is 0 Å². The van der Waals surface area contributed by atoms with Crippen LogP contribution < -0.4 is 10.6 Å². The van der Waals surface area contributed by atoms with Crippen LogP contribution in [0.1, 0.15) is 31.4 Å². The molecule has 0 spiro atoms. The zero-order chi connectivity index (χ0) is 12.3. The number of nitrogen functional groups attached to an aromatic ring is 1. The first-order valence-electron chi connectivity index (χ1n) is 6.33. The molecule has 1 aromatic heterocycles. The fourth-order valence-corrected chi connectivity index (χ4v) is 2.39. The summed E-state index contributed by atoms with van der Waals surface area (Å²) < 4.78 is 0. The number of aliphatic hydroxyl groups excluding tert-OH is 1. The van der Waals surface area contributed by atoms with Gasteiger partial charge in [-0.15, -0.1) is 0 Å². The van der Waals surface area contributed by atoms with Gasteiger partial charge < -0.3 is 15.7 Å². The van der Waals surface area contributed by atoms with E-state index in [4.69, 9.17) is 5.73 Å². The van der Waals surface area contributed by atoms with Gasteiger partial charge in [0, 0.05) is 6.54 Å². The van der Waals surface area contributed by atoms with Gasteiger partial charge in [-0.05, 0) is 31.9 Å². The van der Waals surface area contributed by atoms with Crippen LogP contribution in [0.5, 0.6) is 0 Å². The van der Waals surface area contributed by atoms with Crippen LogP contribution >= 0.6 is 0 Å². The van der Waals surface area contributed by atoms with E-state index in [1.165, 1.54) is 19.3 Å². The van der Waals surface area contributed by atoms with Crippen LogP contribution in [0, 0.1) is 6.92 Å². The Bertz CT molecular complexity index is 381. The SMILES string of the molecule is Cc1nc(N2CCCCCC2CO)ccc1N. The molecule has 0 aromatic carbocycles. The summed E-state index contributed by atoms with van der Waals surface area (Å²) in [5, 5.41) is 9.48. The molecule has 4 heteroatoms. The lowest BCUT2D eigenvalue weighted by molar-refractivity contribution is 0.254. The molecule has 1 fully saturated rings. The van der Waals surface area contributed by atoms with Crippen LogP contribution in [0.2, 0.25) is 0 Å². The van der Waals surface area contributed by atoms with Crippen LogP contribution in [-0.4, -0.2) is 29.3 Å². The summed E-state index contributed by atoms with van der Waals surface area (Å²) >= 11 is 0. The Labute approximate surface area is 102 Å². The Morgan fingerprint density at radius 2 is 2.24 bits per heavy atom. The van der Waals surface area contributed by atoms with Crippen LogP contribution in [0.4, 0.5) is 11.5 Å². The van der Waals surface area contributed by atoms with Crippen molar-refractivity contribution in [1.82, 2.24) is 4.98 Å². The van der Waals surface area contributed by atoms with Gasteiger partial charge in [0.05, 0.1) is 24.0 Å². The van der Waals surface area contributed by atoms with Gasteiger partial charge in [0.1, 0.15) is 5.82 Å². The maximum absolute atomic E-state index is 9.48. The Kier molecular flexibility index (Phi) is 3.84. The van der Waals surface area contributed by atoms with Crippen molar-refractivity contribution in [3.8, 4) is 0 Å². The number of aryl methyl sites for hydroxylation is 1. The summed E-state index contributed by atoms with van der Waals surface area (Å²) in [6.07, 6.45) is 4.64. The lowest BCUT2D eigenvalue weighted by Gasteiger charge is -2.30. The molecule has 1 aromatic rings. The highest BCUT2D eigenvalue weighted by atomic mass is 16.3. The van der Waals surface area contributed by atoms with Crippen molar-refractivity contribution < 1.29 is 5.11 Å². The Morgan fingerprint density at radius 3 is 2.94 bits per heavy atom. The van der Waals surface area contributed by atoms with Crippen LogP contribution in [0.25, 0.3) is 0 Å². The lowest BCUT2D eigenvalue weighted by atomic mass is 10.1. The van der Waals surface area contributed by atoms with E-state index >= 15 is 0 Å². The molecule has 1 unspecified atom stereocenters. The van der Waals surface area contributed by atoms with Gasteiger partial charge in [0.25, 0.3) is 0 Å². The van der Waals surface area contributed by atoms with Crippen molar-refractivity contribution >= 4 is 11.5 Å². The molecule has 2 heterocycles. The average molecular weight is 235 g/mol. The third-order valence-electron chi connectivity index (χ3n) is 3.49. The predicted octanol–water partition coefficient (Wildman–Crippen LogP) is 1.71. The highest BCUT2D eigenvalue weighted by Crippen LogP contribution is 2.24. The predicted molar refractivity (Wildman–Crippen MR) is 70.1 cm³/mol. The Morgan fingerprint density at radius 1 is 1.41 bits per heavy atom. The molecule has 0 aliphatic carbocycles. The van der Waals surface area contributed by atoms with Crippen LogP contribution in [-0.2, 0) is 0 Å². The normalized spacial score (nSPS) is 21.3. The molecule has 1 saturated heterocycles. The van der Waals surface area contributed by atoms with Crippen molar-refractivity contribution in [1.29, 1.82) is 0 Å². The molecular formula is C13H21N3O. The van der Waals surface area contributed by atoms with Gasteiger partial charge in [-0.1, -0.05) is 12.8 Å². The first-order chi connectivity index (χ1) is 8.22. The number of hydrogen-bond donors (Lipinski definition) is 2. The number of pyridine rings is 1. The van der Waals surface area contributed by atoms with Gasteiger partial charge in [-0.25, -0.2) is 4.98 Å². The number of nitrogens with two attached hydrogens (primary N) is 1. The standard InChI is InChI=1S/C13H21N3O/c1-10-12(14)6-7-13(15-10)16-8-4-2-3-5-11(16)9-17/h6-7,11,17H,2-5,8-9,14H2,1H3. The molecule has 0 amide bonds.